The summed E-state index contributed by atoms with van der Waals surface area (Å²) in [5.74, 6) is 0.362. The minimum absolute atomic E-state index is 0.0701. The van der Waals surface area contributed by atoms with E-state index in [4.69, 9.17) is 10.5 Å². The van der Waals surface area contributed by atoms with Gasteiger partial charge in [-0.15, -0.1) is 0 Å². The summed E-state index contributed by atoms with van der Waals surface area (Å²) in [6, 6.07) is -0.336. The number of ether oxygens (including phenoxy) is 1. The fourth-order valence-corrected chi connectivity index (χ4v) is 1.39. The highest BCUT2D eigenvalue weighted by Gasteiger charge is 2.17. The summed E-state index contributed by atoms with van der Waals surface area (Å²) in [5, 5.41) is 2.88. The molecule has 90 valence electrons. The molecule has 0 fully saturated rings. The van der Waals surface area contributed by atoms with E-state index < -0.39 is 6.04 Å². The zero-order chi connectivity index (χ0) is 11.8. The number of rotatable bonds is 7. The van der Waals surface area contributed by atoms with Crippen molar-refractivity contribution in [1.29, 1.82) is 0 Å². The van der Waals surface area contributed by atoms with Gasteiger partial charge in [-0.25, -0.2) is 0 Å². The summed E-state index contributed by atoms with van der Waals surface area (Å²) in [5.41, 5.74) is 5.76. The van der Waals surface area contributed by atoms with Gasteiger partial charge in [0.1, 0.15) is 0 Å². The number of hydrogen-bond acceptors (Lipinski definition) is 3. The number of carbonyl (C=O) groups is 1. The number of carbonyl (C=O) groups excluding carboxylic acids is 1. The monoisotopic (exact) mass is 216 g/mol. The molecule has 4 nitrogen and oxygen atoms in total. The van der Waals surface area contributed by atoms with Crippen molar-refractivity contribution in [2.24, 2.45) is 11.7 Å². The van der Waals surface area contributed by atoms with E-state index in [1.165, 1.54) is 0 Å². The summed E-state index contributed by atoms with van der Waals surface area (Å²) in [6.45, 7) is 6.66. The Morgan fingerprint density at radius 1 is 1.47 bits per heavy atom. The first-order chi connectivity index (χ1) is 7.01. The van der Waals surface area contributed by atoms with Gasteiger partial charge in [0.25, 0.3) is 0 Å². The van der Waals surface area contributed by atoms with Gasteiger partial charge in [-0.2, -0.15) is 0 Å². The van der Waals surface area contributed by atoms with Crippen molar-refractivity contribution in [2.45, 2.75) is 45.7 Å². The highest BCUT2D eigenvalue weighted by molar-refractivity contribution is 5.81. The van der Waals surface area contributed by atoms with Crippen molar-refractivity contribution in [1.82, 2.24) is 5.32 Å². The van der Waals surface area contributed by atoms with Crippen molar-refractivity contribution in [2.75, 3.05) is 13.7 Å². The molecule has 0 aliphatic heterocycles. The lowest BCUT2D eigenvalue weighted by atomic mass is 10.0. The predicted octanol–water partition coefficient (Wildman–Crippen LogP) is 0.901. The topological polar surface area (TPSA) is 64.3 Å². The summed E-state index contributed by atoms with van der Waals surface area (Å²) >= 11 is 0. The normalized spacial score (nSPS) is 15.1. The molecule has 15 heavy (non-hydrogen) atoms. The average molecular weight is 216 g/mol. The van der Waals surface area contributed by atoms with Gasteiger partial charge in [0, 0.05) is 7.11 Å². The maximum atomic E-state index is 11.6. The molecule has 1 amide bonds. The Hall–Kier alpha value is -0.610. The molecule has 3 N–H and O–H groups in total. The van der Waals surface area contributed by atoms with Crippen LogP contribution in [0.3, 0.4) is 0 Å². The van der Waals surface area contributed by atoms with Crippen LogP contribution < -0.4 is 11.1 Å². The lowest BCUT2D eigenvalue weighted by Gasteiger charge is -2.19. The zero-order valence-electron chi connectivity index (χ0n) is 10.2. The maximum absolute atomic E-state index is 11.6. The van der Waals surface area contributed by atoms with Crippen LogP contribution in [0.5, 0.6) is 0 Å². The molecular weight excluding hydrogens is 192 g/mol. The molecule has 0 rings (SSSR count). The van der Waals surface area contributed by atoms with E-state index in [0.717, 1.165) is 12.8 Å². The van der Waals surface area contributed by atoms with Gasteiger partial charge in [-0.05, 0) is 18.8 Å². The molecular formula is C11H24N2O2. The molecule has 1 unspecified atom stereocenters. The predicted molar refractivity (Wildman–Crippen MR) is 61.5 cm³/mol. The van der Waals surface area contributed by atoms with E-state index in [0.29, 0.717) is 12.5 Å². The molecule has 0 aliphatic carbocycles. The fourth-order valence-electron chi connectivity index (χ4n) is 1.39. The maximum Gasteiger partial charge on any atom is 0.237 e. The molecule has 2 atom stereocenters. The number of methoxy groups -OCH3 is 1. The van der Waals surface area contributed by atoms with Crippen molar-refractivity contribution < 1.29 is 9.53 Å². The average Bonchev–Trinajstić information content (AvgIpc) is 2.15. The molecule has 0 saturated heterocycles. The number of amides is 1. The van der Waals surface area contributed by atoms with Crippen molar-refractivity contribution in [3.8, 4) is 0 Å². The van der Waals surface area contributed by atoms with E-state index in [1.807, 2.05) is 6.92 Å². The summed E-state index contributed by atoms with van der Waals surface area (Å²) < 4.78 is 5.00. The van der Waals surface area contributed by atoms with Crippen LogP contribution in [0.1, 0.15) is 33.6 Å². The lowest BCUT2D eigenvalue weighted by molar-refractivity contribution is -0.123. The summed E-state index contributed by atoms with van der Waals surface area (Å²) in [7, 11) is 1.63. The number of nitrogens with one attached hydrogen (secondary N) is 1. The standard InChI is InChI=1S/C11H24N2O2/c1-5-9(7-15-4)13-11(14)10(12)6-8(2)3/h8-10H,5-7,12H2,1-4H3,(H,13,14)/t9?,10-/m0/s1. The van der Waals surface area contributed by atoms with Crippen LogP contribution in [0.25, 0.3) is 0 Å². The largest absolute Gasteiger partial charge is 0.383 e. The van der Waals surface area contributed by atoms with Crippen LogP contribution in [-0.2, 0) is 9.53 Å². The molecule has 0 bridgehead atoms. The molecule has 0 radical (unpaired) electrons. The Kier molecular flexibility index (Phi) is 7.34. The van der Waals surface area contributed by atoms with Gasteiger partial charge < -0.3 is 15.8 Å². The molecule has 0 spiro atoms. The first-order valence-corrected chi connectivity index (χ1v) is 5.56. The molecule has 0 aromatic rings. The second-order valence-corrected chi connectivity index (χ2v) is 4.31. The smallest absolute Gasteiger partial charge is 0.237 e. The minimum atomic E-state index is -0.407. The highest BCUT2D eigenvalue weighted by Crippen LogP contribution is 2.03. The lowest BCUT2D eigenvalue weighted by Crippen LogP contribution is -2.47. The van der Waals surface area contributed by atoms with E-state index >= 15 is 0 Å². The minimum Gasteiger partial charge on any atom is -0.383 e. The van der Waals surface area contributed by atoms with Gasteiger partial charge in [0.05, 0.1) is 18.7 Å². The van der Waals surface area contributed by atoms with E-state index in [2.05, 4.69) is 19.2 Å². The second kappa shape index (κ2) is 7.65. The van der Waals surface area contributed by atoms with Crippen LogP contribution in [0.2, 0.25) is 0 Å². The number of nitrogens with two attached hydrogens (primary N) is 1. The molecule has 0 aromatic carbocycles. The van der Waals surface area contributed by atoms with Crippen LogP contribution in [0.4, 0.5) is 0 Å². The molecule has 0 aromatic heterocycles. The Balaban J connectivity index is 3.98. The fraction of sp³-hybridized carbons (Fsp3) is 0.909. The van der Waals surface area contributed by atoms with Crippen molar-refractivity contribution in [3.05, 3.63) is 0 Å². The first-order valence-electron chi connectivity index (χ1n) is 5.56. The SMILES string of the molecule is CCC(COC)NC(=O)[C@@H](N)CC(C)C. The molecule has 0 heterocycles. The van der Waals surface area contributed by atoms with Crippen molar-refractivity contribution in [3.63, 3.8) is 0 Å². The van der Waals surface area contributed by atoms with Crippen LogP contribution in [-0.4, -0.2) is 31.7 Å². The first kappa shape index (κ1) is 14.4. The van der Waals surface area contributed by atoms with Crippen molar-refractivity contribution >= 4 is 5.91 Å². The molecule has 0 aliphatic rings. The van der Waals surface area contributed by atoms with E-state index in [1.54, 1.807) is 7.11 Å². The Bertz CT molecular complexity index is 183. The number of hydrogen-bond donors (Lipinski definition) is 2. The van der Waals surface area contributed by atoms with Gasteiger partial charge in [0.2, 0.25) is 5.91 Å². The van der Waals surface area contributed by atoms with Crippen LogP contribution >= 0.6 is 0 Å². The van der Waals surface area contributed by atoms with Gasteiger partial charge in [0.15, 0.2) is 0 Å². The van der Waals surface area contributed by atoms with E-state index in [-0.39, 0.29) is 11.9 Å². The zero-order valence-corrected chi connectivity index (χ0v) is 10.2. The quantitative estimate of drug-likeness (QED) is 0.664. The van der Waals surface area contributed by atoms with Gasteiger partial charge in [-0.3, -0.25) is 4.79 Å². The summed E-state index contributed by atoms with van der Waals surface area (Å²) in [6.07, 6.45) is 1.57. The summed E-state index contributed by atoms with van der Waals surface area (Å²) in [4.78, 5) is 11.6. The third-order valence-electron chi connectivity index (χ3n) is 2.27. The highest BCUT2D eigenvalue weighted by atomic mass is 16.5. The van der Waals surface area contributed by atoms with Gasteiger partial charge >= 0.3 is 0 Å². The third-order valence-corrected chi connectivity index (χ3v) is 2.27. The van der Waals surface area contributed by atoms with Gasteiger partial charge in [-0.1, -0.05) is 20.8 Å². The Labute approximate surface area is 92.6 Å². The third kappa shape index (κ3) is 6.47. The Morgan fingerprint density at radius 3 is 2.47 bits per heavy atom. The molecule has 4 heteroatoms. The van der Waals surface area contributed by atoms with Crippen LogP contribution in [0, 0.1) is 5.92 Å². The molecule has 0 saturated carbocycles. The Morgan fingerprint density at radius 2 is 2.07 bits per heavy atom. The second-order valence-electron chi connectivity index (χ2n) is 4.31. The van der Waals surface area contributed by atoms with Crippen LogP contribution in [0.15, 0.2) is 0 Å². The van der Waals surface area contributed by atoms with E-state index in [9.17, 15) is 4.79 Å².